The first-order valence-corrected chi connectivity index (χ1v) is 8.97. The van der Waals surface area contributed by atoms with Gasteiger partial charge < -0.3 is 9.63 Å². The lowest BCUT2D eigenvalue weighted by Crippen LogP contribution is -2.46. The number of aliphatic carboxylic acids is 1. The van der Waals surface area contributed by atoms with Crippen LogP contribution in [0.15, 0.2) is 4.52 Å². The van der Waals surface area contributed by atoms with E-state index >= 15 is 0 Å². The molecular formula is C17H30N4O3. The lowest BCUT2D eigenvalue weighted by Gasteiger charge is -2.36. The zero-order valence-electron chi connectivity index (χ0n) is 15.1. The highest BCUT2D eigenvalue weighted by Crippen LogP contribution is 2.18. The monoisotopic (exact) mass is 338 g/mol. The summed E-state index contributed by atoms with van der Waals surface area (Å²) in [6.07, 6.45) is 3.90. The molecule has 2 heterocycles. The Kier molecular flexibility index (Phi) is 7.17. The summed E-state index contributed by atoms with van der Waals surface area (Å²) >= 11 is 0. The van der Waals surface area contributed by atoms with Gasteiger partial charge in [-0.05, 0) is 31.7 Å². The van der Waals surface area contributed by atoms with Crippen molar-refractivity contribution in [3.8, 4) is 0 Å². The van der Waals surface area contributed by atoms with E-state index in [1.54, 1.807) is 0 Å². The number of rotatable bonds is 9. The third-order valence-corrected chi connectivity index (χ3v) is 4.63. The van der Waals surface area contributed by atoms with Crippen molar-refractivity contribution in [2.24, 2.45) is 5.92 Å². The van der Waals surface area contributed by atoms with Crippen LogP contribution in [0.2, 0.25) is 0 Å². The van der Waals surface area contributed by atoms with Crippen LogP contribution in [0.4, 0.5) is 0 Å². The molecule has 1 aliphatic heterocycles. The van der Waals surface area contributed by atoms with Gasteiger partial charge in [0.15, 0.2) is 5.82 Å². The van der Waals surface area contributed by atoms with E-state index in [1.165, 1.54) is 0 Å². The van der Waals surface area contributed by atoms with Crippen LogP contribution in [0.25, 0.3) is 0 Å². The first-order valence-electron chi connectivity index (χ1n) is 8.97. The van der Waals surface area contributed by atoms with Crippen LogP contribution < -0.4 is 0 Å². The van der Waals surface area contributed by atoms with Crippen LogP contribution in [0.5, 0.6) is 0 Å². The molecule has 0 spiro atoms. The fourth-order valence-corrected chi connectivity index (χ4v) is 3.18. The quantitative estimate of drug-likeness (QED) is 0.737. The maximum Gasteiger partial charge on any atom is 0.317 e. The fourth-order valence-electron chi connectivity index (χ4n) is 3.18. The van der Waals surface area contributed by atoms with Gasteiger partial charge in [0.25, 0.3) is 0 Å². The fraction of sp³-hybridized carbons (Fsp3) is 0.824. The van der Waals surface area contributed by atoms with E-state index in [2.05, 4.69) is 33.8 Å². The predicted molar refractivity (Wildman–Crippen MR) is 90.6 cm³/mol. The van der Waals surface area contributed by atoms with Crippen molar-refractivity contribution >= 4 is 5.97 Å². The SMILES string of the molecule is CCN(CC(=O)O)C1CCN(Cc2nc(CCC(C)C)no2)CC1. The highest BCUT2D eigenvalue weighted by Gasteiger charge is 2.25. The normalized spacial score (nSPS) is 17.0. The number of aromatic nitrogens is 2. The number of likely N-dealkylation sites (N-methyl/N-ethyl adjacent to an activating group) is 1. The predicted octanol–water partition coefficient (Wildman–Crippen LogP) is 2.03. The van der Waals surface area contributed by atoms with Gasteiger partial charge in [0.1, 0.15) is 0 Å². The second-order valence-corrected chi connectivity index (χ2v) is 7.00. The molecule has 7 heteroatoms. The second-order valence-electron chi connectivity index (χ2n) is 7.00. The Bertz CT molecular complexity index is 510. The molecule has 0 aliphatic carbocycles. The highest BCUT2D eigenvalue weighted by molar-refractivity contribution is 5.69. The molecule has 7 nitrogen and oxygen atoms in total. The molecule has 1 aliphatic rings. The summed E-state index contributed by atoms with van der Waals surface area (Å²) in [5, 5.41) is 13.0. The summed E-state index contributed by atoms with van der Waals surface area (Å²) in [5.74, 6) is 1.37. The van der Waals surface area contributed by atoms with Crippen LogP contribution in [-0.4, -0.2) is 63.2 Å². The van der Waals surface area contributed by atoms with Crippen molar-refractivity contribution in [3.63, 3.8) is 0 Å². The first-order chi connectivity index (χ1) is 11.5. The maximum absolute atomic E-state index is 10.9. The van der Waals surface area contributed by atoms with Gasteiger partial charge in [-0.2, -0.15) is 4.98 Å². The molecule has 1 fully saturated rings. The first kappa shape index (κ1) is 18.9. The standard InChI is InChI=1S/C17H30N4O3/c1-4-21(12-17(22)23)14-7-9-20(10-8-14)11-16-18-15(19-24-16)6-5-13(2)3/h13-14H,4-12H2,1-3H3,(H,22,23). The molecule has 1 aromatic rings. The number of likely N-dealkylation sites (tertiary alicyclic amines) is 1. The number of carboxylic acids is 1. The lowest BCUT2D eigenvalue weighted by molar-refractivity contribution is -0.139. The average molecular weight is 338 g/mol. The van der Waals surface area contributed by atoms with E-state index in [0.717, 1.165) is 51.1 Å². The van der Waals surface area contributed by atoms with Crippen molar-refractivity contribution in [1.82, 2.24) is 19.9 Å². The number of hydrogen-bond acceptors (Lipinski definition) is 6. The topological polar surface area (TPSA) is 82.7 Å². The van der Waals surface area contributed by atoms with Gasteiger partial charge in [-0.25, -0.2) is 0 Å². The highest BCUT2D eigenvalue weighted by atomic mass is 16.5. The molecule has 1 aromatic heterocycles. The molecule has 24 heavy (non-hydrogen) atoms. The Morgan fingerprint density at radius 1 is 1.42 bits per heavy atom. The molecule has 1 N–H and O–H groups in total. The molecule has 1 saturated heterocycles. The molecular weight excluding hydrogens is 308 g/mol. The number of aryl methyl sites for hydroxylation is 1. The number of carboxylic acid groups (broad SMARTS) is 1. The van der Waals surface area contributed by atoms with Crippen molar-refractivity contribution < 1.29 is 14.4 Å². The van der Waals surface area contributed by atoms with E-state index in [1.807, 2.05) is 6.92 Å². The van der Waals surface area contributed by atoms with E-state index < -0.39 is 5.97 Å². The lowest BCUT2D eigenvalue weighted by atomic mass is 10.0. The second kappa shape index (κ2) is 9.13. The zero-order chi connectivity index (χ0) is 17.5. The van der Waals surface area contributed by atoms with E-state index in [4.69, 9.17) is 9.63 Å². The van der Waals surface area contributed by atoms with Crippen molar-refractivity contribution in [1.29, 1.82) is 0 Å². The molecule has 2 rings (SSSR count). The minimum Gasteiger partial charge on any atom is -0.480 e. The molecule has 0 radical (unpaired) electrons. The van der Waals surface area contributed by atoms with Gasteiger partial charge in [-0.1, -0.05) is 25.9 Å². The molecule has 0 unspecified atom stereocenters. The van der Waals surface area contributed by atoms with Crippen LogP contribution in [0, 0.1) is 5.92 Å². The van der Waals surface area contributed by atoms with Crippen LogP contribution in [-0.2, 0) is 17.8 Å². The molecule has 0 amide bonds. The Balaban J connectivity index is 1.77. The van der Waals surface area contributed by atoms with Gasteiger partial charge >= 0.3 is 5.97 Å². The largest absolute Gasteiger partial charge is 0.480 e. The summed E-state index contributed by atoms with van der Waals surface area (Å²) in [6.45, 7) is 9.86. The van der Waals surface area contributed by atoms with Crippen LogP contribution >= 0.6 is 0 Å². The molecule has 0 bridgehead atoms. The third kappa shape index (κ3) is 5.87. The van der Waals surface area contributed by atoms with Gasteiger partial charge in [-0.3, -0.25) is 14.6 Å². The number of hydrogen-bond donors (Lipinski definition) is 1. The maximum atomic E-state index is 10.9. The Morgan fingerprint density at radius 3 is 2.71 bits per heavy atom. The summed E-state index contributed by atoms with van der Waals surface area (Å²) in [4.78, 5) is 19.8. The van der Waals surface area contributed by atoms with E-state index in [-0.39, 0.29) is 6.54 Å². The van der Waals surface area contributed by atoms with Crippen molar-refractivity contribution in [2.45, 2.75) is 59.0 Å². The van der Waals surface area contributed by atoms with Crippen molar-refractivity contribution in [3.05, 3.63) is 11.7 Å². The smallest absolute Gasteiger partial charge is 0.317 e. The number of piperidine rings is 1. The summed E-state index contributed by atoms with van der Waals surface area (Å²) < 4.78 is 5.36. The van der Waals surface area contributed by atoms with E-state index in [9.17, 15) is 4.79 Å². The number of carbonyl (C=O) groups is 1. The minimum atomic E-state index is -0.751. The molecule has 0 saturated carbocycles. The Labute approximate surface area is 144 Å². The summed E-state index contributed by atoms with van der Waals surface area (Å²) in [7, 11) is 0. The van der Waals surface area contributed by atoms with Gasteiger partial charge in [0.05, 0.1) is 13.1 Å². The molecule has 0 atom stereocenters. The van der Waals surface area contributed by atoms with Gasteiger partial charge in [-0.15, -0.1) is 0 Å². The van der Waals surface area contributed by atoms with Crippen LogP contribution in [0.3, 0.4) is 0 Å². The van der Waals surface area contributed by atoms with Gasteiger partial charge in [0.2, 0.25) is 5.89 Å². The third-order valence-electron chi connectivity index (χ3n) is 4.63. The van der Waals surface area contributed by atoms with Gasteiger partial charge in [0, 0.05) is 25.6 Å². The van der Waals surface area contributed by atoms with Crippen LogP contribution in [0.1, 0.15) is 51.7 Å². The summed E-state index contributed by atoms with van der Waals surface area (Å²) in [6, 6.07) is 0.353. The molecule has 136 valence electrons. The average Bonchev–Trinajstić information content (AvgIpc) is 2.99. The molecule has 0 aromatic carbocycles. The number of nitrogens with zero attached hydrogens (tertiary/aromatic N) is 4. The minimum absolute atomic E-state index is 0.129. The van der Waals surface area contributed by atoms with E-state index in [0.29, 0.717) is 24.4 Å². The summed E-state index contributed by atoms with van der Waals surface area (Å²) in [5.41, 5.74) is 0. The Morgan fingerprint density at radius 2 is 2.12 bits per heavy atom. The van der Waals surface area contributed by atoms with Crippen molar-refractivity contribution in [2.75, 3.05) is 26.2 Å². The Hall–Kier alpha value is -1.47. The zero-order valence-corrected chi connectivity index (χ0v) is 15.1.